The van der Waals surface area contributed by atoms with Crippen LogP contribution in [-0.2, 0) is 22.4 Å². The fourth-order valence-electron chi connectivity index (χ4n) is 7.26. The predicted octanol–water partition coefficient (Wildman–Crippen LogP) is 6.29. The number of carboxylic acid groups (broad SMARTS) is 1. The number of nitrogens with one attached hydrogen (secondary N) is 3. The lowest BCUT2D eigenvalue weighted by atomic mass is 9.73. The lowest BCUT2D eigenvalue weighted by molar-refractivity contribution is -0.137. The van der Waals surface area contributed by atoms with Gasteiger partial charge in [-0.15, -0.1) is 0 Å². The number of hydrogen-bond acceptors (Lipinski definition) is 3. The molecule has 0 radical (unpaired) electrons. The van der Waals surface area contributed by atoms with Crippen LogP contribution >= 0.6 is 0 Å². The molecule has 0 spiro atoms. The fraction of sp³-hybridized carbons (Fsp3) is 0.294. The van der Waals surface area contributed by atoms with Crippen LogP contribution in [0.1, 0.15) is 59.7 Å². The van der Waals surface area contributed by atoms with Gasteiger partial charge in [-0.2, -0.15) is 0 Å². The molecule has 1 saturated heterocycles. The smallest absolute Gasteiger partial charge is 0.303 e. The molecule has 4 aliphatic rings. The summed E-state index contributed by atoms with van der Waals surface area (Å²) in [6.07, 6.45) is 13.5. The van der Waals surface area contributed by atoms with E-state index in [1.54, 1.807) is 0 Å². The minimum absolute atomic E-state index is 0.0729. The average Bonchev–Trinajstić information content (AvgIpc) is 3.65. The molecule has 1 amide bonds. The van der Waals surface area contributed by atoms with Crippen LogP contribution in [0.4, 0.5) is 5.69 Å². The van der Waals surface area contributed by atoms with Crippen LogP contribution in [0.2, 0.25) is 0 Å². The number of carbonyl (C=O) groups excluding carboxylic acids is 1. The van der Waals surface area contributed by atoms with Gasteiger partial charge in [-0.3, -0.25) is 9.59 Å². The predicted molar refractivity (Wildman–Crippen MR) is 158 cm³/mol. The summed E-state index contributed by atoms with van der Waals surface area (Å²) >= 11 is 0. The highest BCUT2D eigenvalue weighted by atomic mass is 16.4. The summed E-state index contributed by atoms with van der Waals surface area (Å²) in [7, 11) is 0. The Balaban J connectivity index is 1.32. The molecule has 4 N–H and O–H groups in total. The number of aromatic nitrogens is 1. The molecule has 202 valence electrons. The van der Waals surface area contributed by atoms with Crippen molar-refractivity contribution in [3.8, 4) is 11.1 Å². The standard InChI is InChI=1S/C34H33N3O3/c38-32(39)18-25(27-19-35-28-12-6-4-10-22(27)28)33-24-11-5-7-13-29(24)36-31(33)17-26-23-15-14-21(16-30(23)37-34(26)40)20-8-2-1-3-9-20/h1-4,6,8-9,12,14-17,22,25,27,35-36H,5,7,10-11,13,18-19H2,(H,37,40)(H,38,39). The Morgan fingerprint density at radius 3 is 2.77 bits per heavy atom. The molecule has 6 heteroatoms. The molecule has 3 atom stereocenters. The summed E-state index contributed by atoms with van der Waals surface area (Å²) in [6.45, 7) is 0.762. The number of rotatable bonds is 6. The maximum Gasteiger partial charge on any atom is 0.303 e. The van der Waals surface area contributed by atoms with Crippen LogP contribution in [-0.4, -0.2) is 28.5 Å². The molecule has 0 saturated carbocycles. The molecule has 1 aromatic heterocycles. The average molecular weight is 532 g/mol. The van der Waals surface area contributed by atoms with Crippen molar-refractivity contribution < 1.29 is 14.7 Å². The highest BCUT2D eigenvalue weighted by Gasteiger charge is 2.41. The van der Waals surface area contributed by atoms with Crippen molar-refractivity contribution in [1.82, 2.24) is 10.3 Å². The summed E-state index contributed by atoms with van der Waals surface area (Å²) in [5.41, 5.74) is 10.1. The van der Waals surface area contributed by atoms with Gasteiger partial charge in [-0.25, -0.2) is 0 Å². The molecule has 2 aliphatic heterocycles. The summed E-state index contributed by atoms with van der Waals surface area (Å²) in [5, 5.41) is 16.7. The van der Waals surface area contributed by atoms with Crippen molar-refractivity contribution in [3.63, 3.8) is 0 Å². The normalized spacial score (nSPS) is 22.6. The zero-order chi connectivity index (χ0) is 27.2. The van der Waals surface area contributed by atoms with E-state index in [1.807, 2.05) is 36.4 Å². The molecular formula is C34H33N3O3. The number of H-pyrrole nitrogens is 1. The Morgan fingerprint density at radius 2 is 1.93 bits per heavy atom. The van der Waals surface area contributed by atoms with Crippen molar-refractivity contribution in [2.45, 2.75) is 44.4 Å². The topological polar surface area (TPSA) is 94.2 Å². The van der Waals surface area contributed by atoms with Crippen molar-refractivity contribution in [1.29, 1.82) is 0 Å². The Labute approximate surface area is 233 Å². The largest absolute Gasteiger partial charge is 0.481 e. The molecular weight excluding hydrogens is 498 g/mol. The monoisotopic (exact) mass is 531 g/mol. The number of amides is 1. The molecule has 6 nitrogen and oxygen atoms in total. The van der Waals surface area contributed by atoms with Crippen molar-refractivity contribution in [2.24, 2.45) is 11.8 Å². The zero-order valence-electron chi connectivity index (χ0n) is 22.4. The minimum atomic E-state index is -0.782. The lowest BCUT2D eigenvalue weighted by Gasteiger charge is -2.29. The lowest BCUT2D eigenvalue weighted by Crippen LogP contribution is -2.25. The van der Waals surface area contributed by atoms with E-state index < -0.39 is 5.97 Å². The Bertz CT molecular complexity index is 1590. The van der Waals surface area contributed by atoms with Gasteiger partial charge in [0.1, 0.15) is 0 Å². The first-order valence-electron chi connectivity index (χ1n) is 14.4. The Hall–Kier alpha value is -4.32. The van der Waals surface area contributed by atoms with Gasteiger partial charge in [0.15, 0.2) is 0 Å². The highest BCUT2D eigenvalue weighted by molar-refractivity contribution is 6.35. The van der Waals surface area contributed by atoms with E-state index in [2.05, 4.69) is 52.0 Å². The maximum absolute atomic E-state index is 13.3. The van der Waals surface area contributed by atoms with Gasteiger partial charge in [0.05, 0.1) is 12.0 Å². The maximum atomic E-state index is 13.3. The Kier molecular flexibility index (Phi) is 6.18. The number of allylic oxidation sites excluding steroid dienone is 4. The van der Waals surface area contributed by atoms with Crippen LogP contribution < -0.4 is 10.6 Å². The van der Waals surface area contributed by atoms with Crippen LogP contribution in [0.25, 0.3) is 22.8 Å². The van der Waals surface area contributed by atoms with Crippen molar-refractivity contribution in [3.05, 3.63) is 101 Å². The summed E-state index contributed by atoms with van der Waals surface area (Å²) in [6, 6.07) is 16.3. The number of carboxylic acids is 1. The van der Waals surface area contributed by atoms with Crippen molar-refractivity contribution in [2.75, 3.05) is 11.9 Å². The molecule has 3 unspecified atom stereocenters. The highest BCUT2D eigenvalue weighted by Crippen LogP contribution is 2.47. The quantitative estimate of drug-likeness (QED) is 0.281. The number of fused-ring (bicyclic) bond motifs is 3. The summed E-state index contributed by atoms with van der Waals surface area (Å²) < 4.78 is 0. The van der Waals surface area contributed by atoms with E-state index in [4.69, 9.17) is 0 Å². The molecule has 2 aromatic carbocycles. The molecule has 2 aliphatic carbocycles. The van der Waals surface area contributed by atoms with Gasteiger partial charge in [0.2, 0.25) is 0 Å². The number of benzene rings is 2. The van der Waals surface area contributed by atoms with Gasteiger partial charge in [0, 0.05) is 46.7 Å². The van der Waals surface area contributed by atoms with Gasteiger partial charge in [-0.1, -0.05) is 54.6 Å². The number of carbonyl (C=O) groups is 2. The summed E-state index contributed by atoms with van der Waals surface area (Å²) in [5.74, 6) is -0.601. The molecule has 3 aromatic rings. The number of aliphatic carboxylic acids is 1. The SMILES string of the molecule is O=C(O)CC(c1c(C=C2C(=O)Nc3cc(-c4ccccc4)ccc32)[nH]c2c1CCCC2)C1CNC2=CC=CCC21. The van der Waals surface area contributed by atoms with Gasteiger partial charge >= 0.3 is 5.97 Å². The minimum Gasteiger partial charge on any atom is -0.481 e. The van der Waals surface area contributed by atoms with E-state index in [9.17, 15) is 14.7 Å². The summed E-state index contributed by atoms with van der Waals surface area (Å²) in [4.78, 5) is 29.3. The number of anilines is 1. The third-order valence-corrected chi connectivity index (χ3v) is 9.11. The van der Waals surface area contributed by atoms with Crippen LogP contribution in [0, 0.1) is 11.8 Å². The first-order chi connectivity index (χ1) is 19.6. The van der Waals surface area contributed by atoms with E-state index in [0.717, 1.165) is 72.3 Å². The molecule has 0 bridgehead atoms. The van der Waals surface area contributed by atoms with Crippen LogP contribution in [0.5, 0.6) is 0 Å². The molecule has 40 heavy (non-hydrogen) atoms. The van der Waals surface area contributed by atoms with Gasteiger partial charge < -0.3 is 20.7 Å². The van der Waals surface area contributed by atoms with E-state index >= 15 is 0 Å². The first-order valence-corrected chi connectivity index (χ1v) is 14.4. The zero-order valence-corrected chi connectivity index (χ0v) is 22.4. The number of hydrogen-bond donors (Lipinski definition) is 4. The van der Waals surface area contributed by atoms with E-state index in [0.29, 0.717) is 5.57 Å². The van der Waals surface area contributed by atoms with Crippen LogP contribution in [0.15, 0.2) is 72.5 Å². The third kappa shape index (κ3) is 4.28. The van der Waals surface area contributed by atoms with E-state index in [-0.39, 0.29) is 30.1 Å². The van der Waals surface area contributed by atoms with E-state index in [1.165, 1.54) is 17.0 Å². The second kappa shape index (κ2) is 10.0. The van der Waals surface area contributed by atoms with Gasteiger partial charge in [-0.05, 0) is 78.5 Å². The fourth-order valence-corrected chi connectivity index (χ4v) is 7.26. The van der Waals surface area contributed by atoms with Gasteiger partial charge in [0.25, 0.3) is 5.91 Å². The second-order valence-electron chi connectivity index (χ2n) is 11.4. The van der Waals surface area contributed by atoms with Crippen LogP contribution in [0.3, 0.4) is 0 Å². The second-order valence-corrected chi connectivity index (χ2v) is 11.4. The van der Waals surface area contributed by atoms with Crippen molar-refractivity contribution >= 4 is 29.2 Å². The Morgan fingerprint density at radius 1 is 1.07 bits per heavy atom. The third-order valence-electron chi connectivity index (χ3n) is 9.11. The molecule has 1 fully saturated rings. The molecule has 7 rings (SSSR count). The number of aromatic amines is 1. The number of aryl methyl sites for hydroxylation is 1. The molecule has 3 heterocycles. The first kappa shape index (κ1) is 24.7.